The predicted octanol–water partition coefficient (Wildman–Crippen LogP) is 6.00. The summed E-state index contributed by atoms with van der Waals surface area (Å²) in [5.41, 5.74) is 7.88. The van der Waals surface area contributed by atoms with Gasteiger partial charge in [-0.3, -0.25) is 24.8 Å². The number of amides is 1. The van der Waals surface area contributed by atoms with Crippen molar-refractivity contribution < 1.29 is 4.79 Å². The van der Waals surface area contributed by atoms with E-state index in [2.05, 4.69) is 35.5 Å². The summed E-state index contributed by atoms with van der Waals surface area (Å²) in [5, 5.41) is 11.6. The summed E-state index contributed by atoms with van der Waals surface area (Å²) in [4.78, 5) is 34.0. The van der Waals surface area contributed by atoms with Crippen LogP contribution in [0.2, 0.25) is 0 Å². The standard InChI is InChI=1S/C29H26N8O/c1-29(2,3)13-25(38)33-19-11-18(15-31-16-19)21-6-7-23-27(35-21)28(37-36-23)24-12-20-22(34-24)8-10-32-26(20)17-5-4-9-30-14-17/h4-12,14-16,34H,13H2,1-3H3,(H,33,38)(H,36,37). The molecule has 3 N–H and O–H groups in total. The van der Waals surface area contributed by atoms with Gasteiger partial charge in [0.05, 0.1) is 34.5 Å². The first-order chi connectivity index (χ1) is 18.3. The molecule has 1 amide bonds. The van der Waals surface area contributed by atoms with Gasteiger partial charge in [0.25, 0.3) is 0 Å². The Morgan fingerprint density at radius 3 is 2.61 bits per heavy atom. The Balaban J connectivity index is 1.36. The molecule has 0 aromatic carbocycles. The number of nitrogens with one attached hydrogen (secondary N) is 3. The van der Waals surface area contributed by atoms with E-state index in [0.717, 1.165) is 50.1 Å². The van der Waals surface area contributed by atoms with E-state index in [0.29, 0.717) is 17.8 Å². The largest absolute Gasteiger partial charge is 0.353 e. The SMILES string of the molecule is CC(C)(C)CC(=O)Nc1cncc(-c2ccc3[nH]nc(-c4cc5c(-c6cccnc6)nccc5[nH]4)c3n2)c1. The number of carbonyl (C=O) groups excluding carboxylic acids is 1. The van der Waals surface area contributed by atoms with E-state index < -0.39 is 0 Å². The van der Waals surface area contributed by atoms with Crippen LogP contribution in [0, 0.1) is 5.41 Å². The number of nitrogens with zero attached hydrogens (tertiary/aromatic N) is 5. The summed E-state index contributed by atoms with van der Waals surface area (Å²) in [6, 6.07) is 13.6. The van der Waals surface area contributed by atoms with Crippen LogP contribution in [0.1, 0.15) is 27.2 Å². The van der Waals surface area contributed by atoms with Crippen LogP contribution >= 0.6 is 0 Å². The Kier molecular flexibility index (Phi) is 5.68. The molecule has 0 radical (unpaired) electrons. The van der Waals surface area contributed by atoms with Gasteiger partial charge in [-0.2, -0.15) is 5.10 Å². The summed E-state index contributed by atoms with van der Waals surface area (Å²) in [6.45, 7) is 6.10. The number of hydrogen-bond donors (Lipinski definition) is 3. The van der Waals surface area contributed by atoms with E-state index >= 15 is 0 Å². The summed E-state index contributed by atoms with van der Waals surface area (Å²) in [6.07, 6.45) is 9.13. The minimum absolute atomic E-state index is 0.0454. The molecule has 38 heavy (non-hydrogen) atoms. The van der Waals surface area contributed by atoms with Crippen molar-refractivity contribution in [1.82, 2.24) is 35.1 Å². The molecular weight excluding hydrogens is 476 g/mol. The van der Waals surface area contributed by atoms with Crippen LogP contribution < -0.4 is 5.32 Å². The number of pyridine rings is 4. The maximum atomic E-state index is 12.4. The Labute approximate surface area is 218 Å². The monoisotopic (exact) mass is 502 g/mol. The second-order valence-electron chi connectivity index (χ2n) is 10.5. The lowest BCUT2D eigenvalue weighted by Crippen LogP contribution is -2.19. The molecule has 0 aliphatic carbocycles. The Bertz CT molecular complexity index is 1780. The first kappa shape index (κ1) is 23.5. The zero-order valence-corrected chi connectivity index (χ0v) is 21.3. The van der Waals surface area contributed by atoms with E-state index in [4.69, 9.17) is 4.98 Å². The van der Waals surface area contributed by atoms with E-state index in [1.165, 1.54) is 0 Å². The number of hydrogen-bond acceptors (Lipinski definition) is 6. The maximum absolute atomic E-state index is 12.4. The number of aromatic amines is 2. The fourth-order valence-corrected chi connectivity index (χ4v) is 4.50. The van der Waals surface area contributed by atoms with Crippen LogP contribution in [0.3, 0.4) is 0 Å². The lowest BCUT2D eigenvalue weighted by Gasteiger charge is -2.17. The second kappa shape index (κ2) is 9.19. The zero-order chi connectivity index (χ0) is 26.3. The van der Waals surface area contributed by atoms with Crippen LogP contribution in [0.4, 0.5) is 5.69 Å². The molecule has 0 aliphatic heterocycles. The lowest BCUT2D eigenvalue weighted by atomic mass is 9.92. The minimum atomic E-state index is -0.100. The predicted molar refractivity (Wildman–Crippen MR) is 148 cm³/mol. The maximum Gasteiger partial charge on any atom is 0.224 e. The number of H-pyrrole nitrogens is 2. The number of carbonyl (C=O) groups is 1. The van der Waals surface area contributed by atoms with Gasteiger partial charge in [0.2, 0.25) is 5.91 Å². The highest BCUT2D eigenvalue weighted by Gasteiger charge is 2.18. The van der Waals surface area contributed by atoms with Crippen LogP contribution in [0.15, 0.2) is 73.4 Å². The first-order valence-corrected chi connectivity index (χ1v) is 12.3. The van der Waals surface area contributed by atoms with Crippen molar-refractivity contribution >= 4 is 33.5 Å². The fraction of sp³-hybridized carbons (Fsp3) is 0.172. The van der Waals surface area contributed by atoms with E-state index in [9.17, 15) is 4.79 Å². The Morgan fingerprint density at radius 1 is 0.921 bits per heavy atom. The molecule has 188 valence electrons. The van der Waals surface area contributed by atoms with Crippen molar-refractivity contribution in [2.24, 2.45) is 5.41 Å². The molecule has 0 bridgehead atoms. The van der Waals surface area contributed by atoms with Crippen LogP contribution in [-0.2, 0) is 4.79 Å². The molecular formula is C29H26N8O. The van der Waals surface area contributed by atoms with Gasteiger partial charge in [0, 0.05) is 53.2 Å². The highest BCUT2D eigenvalue weighted by molar-refractivity contribution is 5.99. The van der Waals surface area contributed by atoms with Gasteiger partial charge in [0.15, 0.2) is 0 Å². The molecule has 0 spiro atoms. The topological polar surface area (TPSA) is 125 Å². The van der Waals surface area contributed by atoms with Crippen molar-refractivity contribution in [1.29, 1.82) is 0 Å². The van der Waals surface area contributed by atoms with Crippen molar-refractivity contribution in [2.45, 2.75) is 27.2 Å². The third-order valence-electron chi connectivity index (χ3n) is 6.15. The minimum Gasteiger partial charge on any atom is -0.353 e. The second-order valence-corrected chi connectivity index (χ2v) is 10.5. The van der Waals surface area contributed by atoms with Crippen molar-refractivity contribution in [2.75, 3.05) is 5.32 Å². The lowest BCUT2D eigenvalue weighted by molar-refractivity contribution is -0.117. The number of rotatable bonds is 5. The molecule has 6 aromatic heterocycles. The Morgan fingerprint density at radius 2 is 1.79 bits per heavy atom. The molecule has 0 aliphatic rings. The van der Waals surface area contributed by atoms with Gasteiger partial charge in [-0.05, 0) is 47.9 Å². The average molecular weight is 503 g/mol. The molecule has 6 aromatic rings. The van der Waals surface area contributed by atoms with Crippen LogP contribution in [0.5, 0.6) is 0 Å². The fourth-order valence-electron chi connectivity index (χ4n) is 4.50. The van der Waals surface area contributed by atoms with Gasteiger partial charge in [0.1, 0.15) is 11.2 Å². The number of anilines is 1. The molecule has 0 fully saturated rings. The third-order valence-corrected chi connectivity index (χ3v) is 6.15. The first-order valence-electron chi connectivity index (χ1n) is 12.3. The highest BCUT2D eigenvalue weighted by atomic mass is 16.1. The van der Waals surface area contributed by atoms with Gasteiger partial charge in [-0.15, -0.1) is 0 Å². The molecule has 6 rings (SSSR count). The molecule has 0 saturated heterocycles. The normalized spacial score (nSPS) is 11.8. The van der Waals surface area contributed by atoms with Gasteiger partial charge in [-0.1, -0.05) is 20.8 Å². The third kappa shape index (κ3) is 4.61. The molecule has 9 nitrogen and oxygen atoms in total. The summed E-state index contributed by atoms with van der Waals surface area (Å²) >= 11 is 0. The van der Waals surface area contributed by atoms with Crippen molar-refractivity contribution in [3.05, 3.63) is 73.4 Å². The van der Waals surface area contributed by atoms with Crippen LogP contribution in [-0.4, -0.2) is 41.0 Å². The Hall–Kier alpha value is -4.92. The van der Waals surface area contributed by atoms with Gasteiger partial charge in [-0.25, -0.2) is 4.98 Å². The molecule has 0 saturated carbocycles. The van der Waals surface area contributed by atoms with E-state index in [1.54, 1.807) is 31.0 Å². The zero-order valence-electron chi connectivity index (χ0n) is 21.3. The summed E-state index contributed by atoms with van der Waals surface area (Å²) < 4.78 is 0. The summed E-state index contributed by atoms with van der Waals surface area (Å²) in [5.74, 6) is -0.0454. The number of aromatic nitrogens is 7. The average Bonchev–Trinajstić information content (AvgIpc) is 3.51. The molecule has 0 atom stereocenters. The summed E-state index contributed by atoms with van der Waals surface area (Å²) in [7, 11) is 0. The van der Waals surface area contributed by atoms with E-state index in [1.807, 2.05) is 63.2 Å². The van der Waals surface area contributed by atoms with Crippen molar-refractivity contribution in [3.63, 3.8) is 0 Å². The van der Waals surface area contributed by atoms with Crippen LogP contribution in [0.25, 0.3) is 55.8 Å². The van der Waals surface area contributed by atoms with E-state index in [-0.39, 0.29) is 11.3 Å². The molecule has 6 heterocycles. The van der Waals surface area contributed by atoms with Gasteiger partial charge < -0.3 is 10.3 Å². The molecule has 0 unspecified atom stereocenters. The van der Waals surface area contributed by atoms with Crippen molar-refractivity contribution in [3.8, 4) is 33.9 Å². The molecule has 9 heteroatoms. The smallest absolute Gasteiger partial charge is 0.224 e. The van der Waals surface area contributed by atoms with Gasteiger partial charge >= 0.3 is 0 Å². The number of fused-ring (bicyclic) bond motifs is 2. The highest BCUT2D eigenvalue weighted by Crippen LogP contribution is 2.33. The quantitative estimate of drug-likeness (QED) is 0.265.